The summed E-state index contributed by atoms with van der Waals surface area (Å²) < 4.78 is 1.38. The largest absolute Gasteiger partial charge is 0.346 e. The summed E-state index contributed by atoms with van der Waals surface area (Å²) in [6.07, 6.45) is 0. The first-order valence-corrected chi connectivity index (χ1v) is 6.27. The molecular weight excluding hydrogens is 224 g/mol. The maximum Gasteiger partial charge on any atom is 0.346 e. The van der Waals surface area contributed by atoms with Gasteiger partial charge in [0.05, 0.1) is 0 Å². The van der Waals surface area contributed by atoms with Gasteiger partial charge in [-0.15, -0.1) is 5.10 Å². The van der Waals surface area contributed by atoms with Crippen molar-refractivity contribution in [2.45, 2.75) is 31.8 Å². The van der Waals surface area contributed by atoms with Crippen molar-refractivity contribution in [3.8, 4) is 0 Å². The third-order valence-electron chi connectivity index (χ3n) is 1.95. The Balaban J connectivity index is 3.09. The molecule has 0 unspecified atom stereocenters. The molecule has 1 amide bonds. The van der Waals surface area contributed by atoms with Crippen LogP contribution in [0.1, 0.15) is 32.5 Å². The van der Waals surface area contributed by atoms with Crippen LogP contribution in [0.5, 0.6) is 0 Å². The summed E-state index contributed by atoms with van der Waals surface area (Å²) in [7, 11) is 3.42. The Labute approximate surface area is 100 Å². The number of hydrogen-bond acceptors (Lipinski definition) is 4. The van der Waals surface area contributed by atoms with Gasteiger partial charge in [0.15, 0.2) is 11.0 Å². The SMILES string of the molecule is CCSc1nc(C(C)C)nn1C(=O)N(C)C. The molecule has 0 aliphatic rings. The van der Waals surface area contributed by atoms with Crippen molar-refractivity contribution in [3.63, 3.8) is 0 Å². The normalized spacial score (nSPS) is 10.9. The lowest BCUT2D eigenvalue weighted by Gasteiger charge is -2.10. The zero-order valence-electron chi connectivity index (χ0n) is 10.4. The maximum absolute atomic E-state index is 11.8. The summed E-state index contributed by atoms with van der Waals surface area (Å²) in [5, 5.41) is 4.91. The first kappa shape index (κ1) is 13.0. The number of amides is 1. The van der Waals surface area contributed by atoms with Gasteiger partial charge in [0, 0.05) is 20.0 Å². The third-order valence-corrected chi connectivity index (χ3v) is 2.76. The number of nitrogens with zero attached hydrogens (tertiary/aromatic N) is 4. The molecule has 0 saturated heterocycles. The Morgan fingerprint density at radius 2 is 2.12 bits per heavy atom. The van der Waals surface area contributed by atoms with Crippen molar-refractivity contribution >= 4 is 17.8 Å². The fraction of sp³-hybridized carbons (Fsp3) is 0.700. The molecule has 0 bridgehead atoms. The van der Waals surface area contributed by atoms with Gasteiger partial charge in [0.1, 0.15) is 0 Å². The predicted octanol–water partition coefficient (Wildman–Crippen LogP) is 2.04. The standard InChI is InChI=1S/C10H18N4OS/c1-6-16-9-11-8(7(2)3)12-14(9)10(15)13(4)5/h7H,6H2,1-5H3. The molecule has 0 atom stereocenters. The Hall–Kier alpha value is -1.04. The van der Waals surface area contributed by atoms with E-state index in [1.165, 1.54) is 21.3 Å². The average molecular weight is 242 g/mol. The highest BCUT2D eigenvalue weighted by molar-refractivity contribution is 7.99. The second kappa shape index (κ2) is 5.34. The van der Waals surface area contributed by atoms with E-state index in [0.717, 1.165) is 5.75 Å². The van der Waals surface area contributed by atoms with E-state index in [9.17, 15) is 4.79 Å². The molecular formula is C10H18N4OS. The van der Waals surface area contributed by atoms with Crippen LogP contribution in [-0.4, -0.2) is 45.5 Å². The second-order valence-corrected chi connectivity index (χ2v) is 5.16. The van der Waals surface area contributed by atoms with Gasteiger partial charge in [0.2, 0.25) is 0 Å². The monoisotopic (exact) mass is 242 g/mol. The second-order valence-electron chi connectivity index (χ2n) is 3.93. The summed E-state index contributed by atoms with van der Waals surface area (Å²) in [6, 6.07) is -0.157. The smallest absolute Gasteiger partial charge is 0.329 e. The molecule has 0 aliphatic carbocycles. The Morgan fingerprint density at radius 3 is 2.56 bits per heavy atom. The summed E-state index contributed by atoms with van der Waals surface area (Å²) in [5.41, 5.74) is 0. The topological polar surface area (TPSA) is 51.0 Å². The number of hydrogen-bond donors (Lipinski definition) is 0. The van der Waals surface area contributed by atoms with Gasteiger partial charge >= 0.3 is 6.03 Å². The fourth-order valence-corrected chi connectivity index (χ4v) is 1.75. The first-order valence-electron chi connectivity index (χ1n) is 5.28. The van der Waals surface area contributed by atoms with E-state index in [4.69, 9.17) is 0 Å². The van der Waals surface area contributed by atoms with Crippen molar-refractivity contribution in [1.29, 1.82) is 0 Å². The zero-order chi connectivity index (χ0) is 12.3. The van der Waals surface area contributed by atoms with Gasteiger partial charge in [-0.2, -0.15) is 4.68 Å². The van der Waals surface area contributed by atoms with E-state index < -0.39 is 0 Å². The lowest BCUT2D eigenvalue weighted by Crippen LogP contribution is -2.28. The molecule has 6 heteroatoms. The van der Waals surface area contributed by atoms with Gasteiger partial charge < -0.3 is 4.90 Å². The summed E-state index contributed by atoms with van der Waals surface area (Å²) in [4.78, 5) is 17.7. The van der Waals surface area contributed by atoms with E-state index in [1.54, 1.807) is 14.1 Å². The third kappa shape index (κ3) is 2.75. The highest BCUT2D eigenvalue weighted by atomic mass is 32.2. The summed E-state index contributed by atoms with van der Waals surface area (Å²) in [5.74, 6) is 1.82. The van der Waals surface area contributed by atoms with Crippen LogP contribution < -0.4 is 0 Å². The lowest BCUT2D eigenvalue weighted by molar-refractivity contribution is 0.213. The zero-order valence-corrected chi connectivity index (χ0v) is 11.2. The number of thioether (sulfide) groups is 1. The first-order chi connectivity index (χ1) is 7.47. The molecule has 5 nitrogen and oxygen atoms in total. The van der Waals surface area contributed by atoms with Crippen LogP contribution >= 0.6 is 11.8 Å². The molecule has 90 valence electrons. The van der Waals surface area contributed by atoms with Crippen molar-refractivity contribution in [1.82, 2.24) is 19.7 Å². The van der Waals surface area contributed by atoms with Crippen molar-refractivity contribution in [3.05, 3.63) is 5.82 Å². The molecule has 0 spiro atoms. The van der Waals surface area contributed by atoms with Crippen molar-refractivity contribution in [2.24, 2.45) is 0 Å². The highest BCUT2D eigenvalue weighted by Gasteiger charge is 2.18. The lowest BCUT2D eigenvalue weighted by atomic mass is 10.2. The van der Waals surface area contributed by atoms with Crippen LogP contribution in [0.3, 0.4) is 0 Å². The van der Waals surface area contributed by atoms with Gasteiger partial charge in [-0.05, 0) is 5.75 Å². The molecule has 0 radical (unpaired) electrons. The highest BCUT2D eigenvalue weighted by Crippen LogP contribution is 2.19. The van der Waals surface area contributed by atoms with Gasteiger partial charge in [-0.25, -0.2) is 9.78 Å². The minimum atomic E-state index is -0.157. The number of aromatic nitrogens is 3. The van der Waals surface area contributed by atoms with Crippen molar-refractivity contribution < 1.29 is 4.79 Å². The molecule has 1 rings (SSSR count). The Morgan fingerprint density at radius 1 is 1.50 bits per heavy atom. The maximum atomic E-state index is 11.8. The fourth-order valence-electron chi connectivity index (χ4n) is 1.09. The van der Waals surface area contributed by atoms with Crippen LogP contribution in [-0.2, 0) is 0 Å². The van der Waals surface area contributed by atoms with Crippen LogP contribution in [0.15, 0.2) is 5.16 Å². The number of rotatable bonds is 3. The quantitative estimate of drug-likeness (QED) is 0.761. The average Bonchev–Trinajstić information content (AvgIpc) is 2.61. The van der Waals surface area contributed by atoms with Crippen LogP contribution in [0, 0.1) is 0 Å². The van der Waals surface area contributed by atoms with Crippen LogP contribution in [0.4, 0.5) is 4.79 Å². The molecule has 0 saturated carbocycles. The molecule has 16 heavy (non-hydrogen) atoms. The molecule has 0 aliphatic heterocycles. The Kier molecular flexibility index (Phi) is 4.35. The van der Waals surface area contributed by atoms with Gasteiger partial charge in [-0.1, -0.05) is 32.5 Å². The van der Waals surface area contributed by atoms with Crippen LogP contribution in [0.25, 0.3) is 0 Å². The molecule has 0 aromatic carbocycles. The molecule has 0 N–H and O–H groups in total. The molecule has 1 heterocycles. The number of carbonyl (C=O) groups is 1. The van der Waals surface area contributed by atoms with Crippen LogP contribution in [0.2, 0.25) is 0 Å². The minimum absolute atomic E-state index is 0.157. The van der Waals surface area contributed by atoms with E-state index in [2.05, 4.69) is 10.1 Å². The number of carbonyl (C=O) groups excluding carboxylic acids is 1. The summed E-state index contributed by atoms with van der Waals surface area (Å²) >= 11 is 1.53. The van der Waals surface area contributed by atoms with Gasteiger partial charge in [-0.3, -0.25) is 0 Å². The minimum Gasteiger partial charge on any atom is -0.329 e. The van der Waals surface area contributed by atoms with E-state index in [-0.39, 0.29) is 11.9 Å². The van der Waals surface area contributed by atoms with Crippen molar-refractivity contribution in [2.75, 3.05) is 19.8 Å². The van der Waals surface area contributed by atoms with E-state index >= 15 is 0 Å². The molecule has 1 aromatic rings. The molecule has 0 fully saturated rings. The van der Waals surface area contributed by atoms with E-state index in [1.807, 2.05) is 20.8 Å². The van der Waals surface area contributed by atoms with Gasteiger partial charge in [0.25, 0.3) is 0 Å². The summed E-state index contributed by atoms with van der Waals surface area (Å²) in [6.45, 7) is 6.05. The Bertz CT molecular complexity index is 373. The van der Waals surface area contributed by atoms with E-state index in [0.29, 0.717) is 11.0 Å². The predicted molar refractivity (Wildman–Crippen MR) is 65.0 cm³/mol. The molecule has 1 aromatic heterocycles.